The molecule has 0 saturated heterocycles. The Labute approximate surface area is 242 Å². The molecule has 0 bridgehead atoms. The Hall–Kier alpha value is -2.41. The molecule has 40 heavy (non-hydrogen) atoms. The molecule has 1 amide bonds. The van der Waals surface area contributed by atoms with Crippen molar-refractivity contribution < 1.29 is 21.6 Å². The highest BCUT2D eigenvalue weighted by Gasteiger charge is 2.30. The number of hydrogen-bond donors (Lipinski definition) is 1. The Morgan fingerprint density at radius 1 is 1.05 bits per heavy atom. The number of carbonyl (C=O) groups is 1. The molecule has 2 aromatic rings. The topological polar surface area (TPSA) is 116 Å². The minimum absolute atomic E-state index is 0.0743. The Morgan fingerprint density at radius 2 is 1.75 bits per heavy atom. The van der Waals surface area contributed by atoms with Crippen molar-refractivity contribution in [2.24, 2.45) is 4.99 Å². The number of rotatable bonds is 12. The predicted octanol–water partition coefficient (Wildman–Crippen LogP) is 4.10. The Morgan fingerprint density at radius 3 is 2.40 bits per heavy atom. The van der Waals surface area contributed by atoms with Crippen LogP contribution in [0.25, 0.3) is 0 Å². The number of nitrogens with zero attached hydrogens (tertiary/aromatic N) is 3. The normalized spacial score (nSPS) is 17.2. The molecular formula is C28H38N4O5S3. The quantitative estimate of drug-likeness (QED) is 0.389. The van der Waals surface area contributed by atoms with E-state index >= 15 is 0 Å². The molecular weight excluding hydrogens is 569 g/mol. The third-order valence-corrected chi connectivity index (χ3v) is 11.7. The number of carbonyl (C=O) groups excluding carboxylic acids is 1. The van der Waals surface area contributed by atoms with Gasteiger partial charge in [-0.3, -0.25) is 14.1 Å². The van der Waals surface area contributed by atoms with Crippen molar-refractivity contribution in [3.05, 3.63) is 59.2 Å². The average Bonchev–Trinajstić information content (AvgIpc) is 3.59. The molecule has 0 fully saturated rings. The maximum Gasteiger partial charge on any atom is 0.243 e. The summed E-state index contributed by atoms with van der Waals surface area (Å²) in [7, 11) is -6.81. The molecule has 2 aliphatic heterocycles. The number of thioether (sulfide) groups is 1. The van der Waals surface area contributed by atoms with Gasteiger partial charge in [-0.25, -0.2) is 16.8 Å². The molecule has 9 nitrogen and oxygen atoms in total. The smallest absolute Gasteiger partial charge is 0.243 e. The predicted molar refractivity (Wildman–Crippen MR) is 162 cm³/mol. The first-order valence-electron chi connectivity index (χ1n) is 13.8. The zero-order valence-electron chi connectivity index (χ0n) is 23.3. The average molecular weight is 607 g/mol. The van der Waals surface area contributed by atoms with E-state index in [1.54, 1.807) is 31.2 Å². The Bertz CT molecular complexity index is 1450. The highest BCUT2D eigenvalue weighted by Crippen LogP contribution is 2.36. The van der Waals surface area contributed by atoms with Crippen LogP contribution < -0.4 is 9.62 Å². The third kappa shape index (κ3) is 6.89. The summed E-state index contributed by atoms with van der Waals surface area (Å²) in [5, 5.41) is 3.48. The van der Waals surface area contributed by atoms with Crippen molar-refractivity contribution >= 4 is 48.6 Å². The molecule has 0 radical (unpaired) electrons. The van der Waals surface area contributed by atoms with E-state index in [1.807, 2.05) is 32.0 Å². The summed E-state index contributed by atoms with van der Waals surface area (Å²) in [6, 6.07) is 12.5. The van der Waals surface area contributed by atoms with Crippen LogP contribution in [0.15, 0.2) is 52.4 Å². The number of benzene rings is 2. The molecule has 1 N–H and O–H groups in total. The van der Waals surface area contributed by atoms with Crippen molar-refractivity contribution in [3.63, 3.8) is 0 Å². The molecule has 12 heteroatoms. The van der Waals surface area contributed by atoms with Gasteiger partial charge in [0.25, 0.3) is 0 Å². The van der Waals surface area contributed by atoms with Gasteiger partial charge in [0.1, 0.15) is 0 Å². The molecule has 2 aromatic carbocycles. The van der Waals surface area contributed by atoms with E-state index in [0.717, 1.165) is 35.2 Å². The molecule has 0 spiro atoms. The lowest BCUT2D eigenvalue weighted by atomic mass is 10.0. The second-order valence-electron chi connectivity index (χ2n) is 9.97. The fourth-order valence-corrected chi connectivity index (χ4v) is 8.68. The summed E-state index contributed by atoms with van der Waals surface area (Å²) in [6.07, 6.45) is 2.94. The number of sulfonamides is 2. The Kier molecular flexibility index (Phi) is 9.97. The number of anilines is 1. The van der Waals surface area contributed by atoms with Crippen LogP contribution in [0.5, 0.6) is 0 Å². The standard InChI is InChI=1S/C28H38N4O5S3/c1-4-16-31(17-5-2)40(36,37)24-11-7-21(8-12-24)9-14-27(33)30-28-29-25(20-38-28)22-10-13-26-23(19-22)15-18-32(26)39(34,35)6-3/h7-8,10-13,19,25H,4-6,9,14-18,20H2,1-3H3,(H,29,30,33). The SMILES string of the molecule is CCCN(CCC)S(=O)(=O)c1ccc(CCC(=O)NC2=NC(c3ccc4c(c3)CCN4S(=O)(=O)CC)CS2)cc1. The number of amidine groups is 1. The number of hydrogen-bond acceptors (Lipinski definition) is 7. The molecule has 1 unspecified atom stereocenters. The number of fused-ring (bicyclic) bond motifs is 1. The van der Waals surface area contributed by atoms with Gasteiger partial charge in [0, 0.05) is 31.8 Å². The van der Waals surface area contributed by atoms with Gasteiger partial charge in [0.15, 0.2) is 5.17 Å². The molecule has 2 aliphatic rings. The maximum absolute atomic E-state index is 13.0. The summed E-state index contributed by atoms with van der Waals surface area (Å²) < 4.78 is 53.6. The van der Waals surface area contributed by atoms with Gasteiger partial charge in [0.05, 0.1) is 22.4 Å². The van der Waals surface area contributed by atoms with Crippen LogP contribution in [0.2, 0.25) is 0 Å². The summed E-state index contributed by atoms with van der Waals surface area (Å²) in [6.45, 7) is 7.04. The van der Waals surface area contributed by atoms with E-state index in [2.05, 4.69) is 5.32 Å². The van der Waals surface area contributed by atoms with Gasteiger partial charge < -0.3 is 5.32 Å². The van der Waals surface area contributed by atoms with Crippen LogP contribution >= 0.6 is 11.8 Å². The van der Waals surface area contributed by atoms with Crippen molar-refractivity contribution in [1.29, 1.82) is 0 Å². The molecule has 4 rings (SSSR count). The van der Waals surface area contributed by atoms with E-state index in [1.165, 1.54) is 20.4 Å². The zero-order chi connectivity index (χ0) is 28.9. The second kappa shape index (κ2) is 13.1. The highest BCUT2D eigenvalue weighted by molar-refractivity contribution is 8.14. The number of aliphatic imine (C=N–C) groups is 1. The molecule has 218 valence electrons. The number of nitrogens with one attached hydrogen (secondary N) is 1. The van der Waals surface area contributed by atoms with Crippen LogP contribution in [0, 0.1) is 0 Å². The van der Waals surface area contributed by atoms with E-state index < -0.39 is 20.0 Å². The van der Waals surface area contributed by atoms with Crippen molar-refractivity contribution in [1.82, 2.24) is 9.62 Å². The van der Waals surface area contributed by atoms with Crippen molar-refractivity contribution in [2.45, 2.75) is 63.8 Å². The lowest BCUT2D eigenvalue weighted by molar-refractivity contribution is -0.119. The van der Waals surface area contributed by atoms with Gasteiger partial charge in [0.2, 0.25) is 26.0 Å². The first-order chi connectivity index (χ1) is 19.1. The van der Waals surface area contributed by atoms with Crippen LogP contribution in [-0.4, -0.2) is 63.4 Å². The molecule has 0 aliphatic carbocycles. The fourth-order valence-electron chi connectivity index (χ4n) is 4.92. The number of amides is 1. The first-order valence-corrected chi connectivity index (χ1v) is 17.8. The summed E-state index contributed by atoms with van der Waals surface area (Å²) in [5.74, 6) is 0.634. The lowest BCUT2D eigenvalue weighted by Crippen LogP contribution is -2.32. The third-order valence-electron chi connectivity index (χ3n) is 7.09. The molecule has 0 saturated carbocycles. The molecule has 0 aromatic heterocycles. The number of aryl methyl sites for hydroxylation is 1. The van der Waals surface area contributed by atoms with Crippen LogP contribution in [0.3, 0.4) is 0 Å². The minimum atomic E-state index is -3.53. The van der Waals surface area contributed by atoms with E-state index in [-0.39, 0.29) is 29.0 Å². The molecule has 1 atom stereocenters. The lowest BCUT2D eigenvalue weighted by Gasteiger charge is -2.21. The van der Waals surface area contributed by atoms with Crippen LogP contribution in [0.1, 0.15) is 62.8 Å². The van der Waals surface area contributed by atoms with E-state index in [4.69, 9.17) is 4.99 Å². The van der Waals surface area contributed by atoms with Crippen LogP contribution in [0.4, 0.5) is 5.69 Å². The van der Waals surface area contributed by atoms with Crippen LogP contribution in [-0.2, 0) is 37.7 Å². The largest absolute Gasteiger partial charge is 0.305 e. The monoisotopic (exact) mass is 606 g/mol. The van der Waals surface area contributed by atoms with Crippen molar-refractivity contribution in [2.75, 3.05) is 35.4 Å². The summed E-state index contributed by atoms with van der Waals surface area (Å²) in [5.41, 5.74) is 3.66. The molecule has 2 heterocycles. The maximum atomic E-state index is 13.0. The minimum Gasteiger partial charge on any atom is -0.305 e. The second-order valence-corrected chi connectivity index (χ2v) is 15.1. The van der Waals surface area contributed by atoms with Gasteiger partial charge in [-0.05, 0) is 67.5 Å². The van der Waals surface area contributed by atoms with Gasteiger partial charge in [-0.1, -0.05) is 49.9 Å². The van der Waals surface area contributed by atoms with Gasteiger partial charge in [-0.2, -0.15) is 4.31 Å². The van der Waals surface area contributed by atoms with E-state index in [0.29, 0.717) is 43.4 Å². The Balaban J connectivity index is 1.32. The summed E-state index contributed by atoms with van der Waals surface area (Å²) in [4.78, 5) is 17.6. The highest BCUT2D eigenvalue weighted by atomic mass is 32.2. The van der Waals surface area contributed by atoms with Crippen molar-refractivity contribution in [3.8, 4) is 0 Å². The fraction of sp³-hybridized carbons (Fsp3) is 0.500. The summed E-state index contributed by atoms with van der Waals surface area (Å²) >= 11 is 1.49. The van der Waals surface area contributed by atoms with E-state index in [9.17, 15) is 21.6 Å². The zero-order valence-corrected chi connectivity index (χ0v) is 25.7. The first kappa shape index (κ1) is 30.5. The van der Waals surface area contributed by atoms with Gasteiger partial charge >= 0.3 is 0 Å². The van der Waals surface area contributed by atoms with Gasteiger partial charge in [-0.15, -0.1) is 0 Å².